The molecule has 4 nitrogen and oxygen atoms in total. The summed E-state index contributed by atoms with van der Waals surface area (Å²) in [4.78, 5) is 18.7. The Bertz CT molecular complexity index is 105. The van der Waals surface area contributed by atoms with Crippen LogP contribution in [0.4, 0.5) is 9.59 Å². The molecule has 2 amide bonds. The zero-order valence-electron chi connectivity index (χ0n) is 4.16. The third-order valence-corrected chi connectivity index (χ3v) is 5.39. The second-order valence-electron chi connectivity index (χ2n) is 0.773. The maximum absolute atomic E-state index is 9.93. The minimum absolute atomic E-state index is 0. The van der Waals surface area contributed by atoms with Crippen molar-refractivity contribution in [3.63, 3.8) is 0 Å². The fourth-order valence-electron chi connectivity index (χ4n) is 0.0789. The molecule has 7 heteroatoms. The molecule has 0 aromatic carbocycles. The Balaban J connectivity index is 0. The Hall–Kier alpha value is 0.563. The van der Waals surface area contributed by atoms with E-state index in [1.165, 1.54) is 0 Å². The van der Waals surface area contributed by atoms with Crippen LogP contribution in [-0.2, 0) is 18.6 Å². The molecule has 9 heavy (non-hydrogen) atoms. The van der Waals surface area contributed by atoms with E-state index in [0.717, 1.165) is 0 Å². The summed E-state index contributed by atoms with van der Waals surface area (Å²) in [7, 11) is 0. The summed E-state index contributed by atoms with van der Waals surface area (Å²) in [6.45, 7) is 0. The second-order valence-corrected chi connectivity index (χ2v) is 6.73. The van der Waals surface area contributed by atoms with Gasteiger partial charge in [-0.05, 0) is 0 Å². The van der Waals surface area contributed by atoms with Crippen LogP contribution in [0.2, 0.25) is 0 Å². The van der Waals surface area contributed by atoms with Gasteiger partial charge < -0.3 is 0 Å². The second kappa shape index (κ2) is 6.68. The number of amides is 2. The van der Waals surface area contributed by atoms with Gasteiger partial charge in [-0.15, -0.1) is 0 Å². The van der Waals surface area contributed by atoms with Gasteiger partial charge in [0.05, 0.1) is 0 Å². The number of rotatable bonds is 3. The van der Waals surface area contributed by atoms with E-state index in [4.69, 9.17) is 11.5 Å². The quantitative estimate of drug-likeness (QED) is 0.716. The minimum Gasteiger partial charge on any atom is 0 e. The Morgan fingerprint density at radius 2 is 1.78 bits per heavy atom. The molecule has 0 bridgehead atoms. The summed E-state index contributed by atoms with van der Waals surface area (Å²) in [5, 5.41) is 0. The molecule has 0 fully saturated rings. The van der Waals surface area contributed by atoms with Crippen LogP contribution in [0.1, 0.15) is 0 Å². The fraction of sp³-hybridized carbons (Fsp3) is 0. The topological polar surface area (TPSA) is 84.0 Å². The first kappa shape index (κ1) is 12.3. The largest absolute Gasteiger partial charge is 0 e. The summed E-state index contributed by atoms with van der Waals surface area (Å²) >= 11 is -0.926. The zero-order chi connectivity index (χ0) is 6.57. The number of nitrogens with two attached hydrogens (primary N) is 1. The molecular weight excluding hydrogens is 293 g/mol. The monoisotopic (exact) mass is 298 g/mol. The number of carbonyl (C=O) groups excluding carboxylic acids is 2. The first-order valence-electron chi connectivity index (χ1n) is 1.52. The zero-order valence-corrected chi connectivity index (χ0v) is 8.98. The molecule has 0 aliphatic rings. The maximum atomic E-state index is 9.93. The van der Waals surface area contributed by atoms with Gasteiger partial charge in [-0.25, -0.2) is 0 Å². The molecule has 0 spiro atoms. The molecule has 0 unspecified atom stereocenters. The molecule has 0 aliphatic heterocycles. The van der Waals surface area contributed by atoms with Gasteiger partial charge in [0.1, 0.15) is 0 Å². The Morgan fingerprint density at radius 3 is 1.89 bits per heavy atom. The molecule has 0 aromatic heterocycles. The van der Waals surface area contributed by atoms with Crippen LogP contribution < -0.4 is 5.73 Å². The summed E-state index contributed by atoms with van der Waals surface area (Å²) in [6, 6.07) is 0. The van der Waals surface area contributed by atoms with E-state index in [9.17, 15) is 9.59 Å². The van der Waals surface area contributed by atoms with Crippen molar-refractivity contribution >= 4 is 35.9 Å². The van der Waals surface area contributed by atoms with Crippen LogP contribution in [0.5, 0.6) is 0 Å². The molecule has 0 heterocycles. The minimum atomic E-state index is -0.656. The van der Waals surface area contributed by atoms with Crippen LogP contribution in [0, 0.1) is 0 Å². The SMILES string of the molecule is [NH-]C(=O)[Se][Se]C(N)=O.[V]. The molecule has 0 saturated heterocycles. The summed E-state index contributed by atoms with van der Waals surface area (Å²) in [5.74, 6) is 0. The summed E-state index contributed by atoms with van der Waals surface area (Å²) in [5.41, 5.74) is 11.1. The van der Waals surface area contributed by atoms with E-state index >= 15 is 0 Å². The number of nitrogens with one attached hydrogen (secondary N) is 1. The Kier molecular flexibility index (Phi) is 9.10. The van der Waals surface area contributed by atoms with Crippen LogP contribution in [0.15, 0.2) is 0 Å². The molecule has 0 saturated carbocycles. The van der Waals surface area contributed by atoms with Crippen molar-refractivity contribution in [3.8, 4) is 0 Å². The first-order chi connectivity index (χ1) is 3.63. The van der Waals surface area contributed by atoms with Gasteiger partial charge in [0.2, 0.25) is 0 Å². The third kappa shape index (κ3) is 11.9. The summed E-state index contributed by atoms with van der Waals surface area (Å²) in [6.07, 6.45) is 0. The van der Waals surface area contributed by atoms with E-state index in [0.29, 0.717) is 0 Å². The van der Waals surface area contributed by atoms with E-state index in [1.807, 2.05) is 0 Å². The predicted octanol–water partition coefficient (Wildman–Crippen LogP) is -0.442. The summed E-state index contributed by atoms with van der Waals surface area (Å²) < 4.78 is 0. The molecule has 0 aliphatic carbocycles. The standard InChI is InChI=1S/C2H4N2O2Se2.V/c3-1(5)7-8-2(4)6;/h(H4,3,4,5,6);/p-1. The molecule has 0 aromatic rings. The average molecular weight is 296 g/mol. The van der Waals surface area contributed by atoms with Gasteiger partial charge in [-0.3, -0.25) is 0 Å². The van der Waals surface area contributed by atoms with E-state index in [-0.39, 0.29) is 18.6 Å². The van der Waals surface area contributed by atoms with Crippen LogP contribution >= 0.6 is 0 Å². The molecule has 0 rings (SSSR count). The van der Waals surface area contributed by atoms with E-state index in [1.54, 1.807) is 0 Å². The Labute approximate surface area is 75.2 Å². The van der Waals surface area contributed by atoms with Crippen LogP contribution in [0.25, 0.3) is 5.73 Å². The Morgan fingerprint density at radius 1 is 1.33 bits per heavy atom. The maximum Gasteiger partial charge on any atom is 0 e. The number of carbonyl (C=O) groups is 2. The van der Waals surface area contributed by atoms with Crippen molar-refractivity contribution in [1.29, 1.82) is 0 Å². The predicted molar refractivity (Wildman–Crippen MR) is 30.8 cm³/mol. The molecule has 51 valence electrons. The molecule has 0 atom stereocenters. The molecule has 1 radical (unpaired) electrons. The van der Waals surface area contributed by atoms with Crippen molar-refractivity contribution in [1.82, 2.24) is 0 Å². The van der Waals surface area contributed by atoms with Crippen molar-refractivity contribution in [2.45, 2.75) is 0 Å². The van der Waals surface area contributed by atoms with Crippen molar-refractivity contribution in [2.75, 3.05) is 0 Å². The number of primary amides is 1. The van der Waals surface area contributed by atoms with Crippen molar-refractivity contribution < 1.29 is 28.1 Å². The number of hydrogen-bond donors (Lipinski definition) is 1. The first-order valence-corrected chi connectivity index (χ1v) is 7.57. The van der Waals surface area contributed by atoms with Gasteiger partial charge >= 0.3 is 56.9 Å². The average Bonchev–Trinajstić information content (AvgIpc) is 1.61. The van der Waals surface area contributed by atoms with Gasteiger partial charge in [-0.2, -0.15) is 0 Å². The van der Waals surface area contributed by atoms with E-state index in [2.05, 4.69) is 0 Å². The van der Waals surface area contributed by atoms with Crippen molar-refractivity contribution in [2.24, 2.45) is 5.73 Å². The fourth-order valence-corrected chi connectivity index (χ4v) is 2.13. The van der Waals surface area contributed by atoms with Gasteiger partial charge in [0.15, 0.2) is 0 Å². The van der Waals surface area contributed by atoms with Crippen molar-refractivity contribution in [3.05, 3.63) is 5.73 Å². The van der Waals surface area contributed by atoms with Gasteiger partial charge in [0.25, 0.3) is 0 Å². The van der Waals surface area contributed by atoms with Crippen LogP contribution in [-0.4, -0.2) is 35.9 Å². The smallest absolute Gasteiger partial charge is 0 e. The molecule has 3 N–H and O–H groups in total. The normalized spacial score (nSPS) is 7.56. The van der Waals surface area contributed by atoms with Gasteiger partial charge in [0, 0.05) is 18.6 Å². The molecular formula is C2H3N2O2Se2V-. The van der Waals surface area contributed by atoms with Gasteiger partial charge in [-0.1, -0.05) is 0 Å². The van der Waals surface area contributed by atoms with E-state index < -0.39 is 35.9 Å². The van der Waals surface area contributed by atoms with Crippen LogP contribution in [0.3, 0.4) is 0 Å². The third-order valence-electron chi connectivity index (χ3n) is 0.199. The number of hydrogen-bond acceptors (Lipinski definition) is 2.